The van der Waals surface area contributed by atoms with Crippen LogP contribution in [0.1, 0.15) is 206 Å². The van der Waals surface area contributed by atoms with Gasteiger partial charge in [0.05, 0.1) is 18.8 Å². The summed E-state index contributed by atoms with van der Waals surface area (Å²) < 4.78 is 0. The van der Waals surface area contributed by atoms with Crippen LogP contribution in [0.3, 0.4) is 0 Å². The van der Waals surface area contributed by atoms with Crippen LogP contribution < -0.4 is 5.32 Å². The maximum atomic E-state index is 12.4. The standard InChI is InChI=1S/C64H101NO3/c1-3-5-7-9-11-13-15-17-19-21-22-23-24-25-26-27-28-29-30-31-32-33-34-35-36-37-38-39-40-41-42-44-46-48-50-52-54-56-58-60-64(68)65-62(61-66)63(67)59-57-55-53-51-49-47-45-43-20-18-16-14-12-10-8-6-4-2/h5,7,11,13,17,19-20,22-23,25-26,28-29,31-32,34-35,37-38,40-41,43-44,46,49,51,57,59,62-63,66-67H,3-4,6,8-10,12,14-16,18,21,24,27,30,33,36,39,42,45,47-48,50,52-56,58,60-61H2,1-2H3,(H,65,68)/b7-5-,13-11-,19-17-,23-22-,26-25-,29-28-,32-31-,35-34-,38-37-,41-40-,43-20+,46-44-,51-49+,59-57+. The second kappa shape index (κ2) is 57.1. The highest BCUT2D eigenvalue weighted by Gasteiger charge is 2.17. The third kappa shape index (κ3) is 52.7. The van der Waals surface area contributed by atoms with Gasteiger partial charge in [-0.3, -0.25) is 4.79 Å². The number of hydrogen-bond donors (Lipinski definition) is 3. The van der Waals surface area contributed by atoms with Crippen molar-refractivity contribution in [3.63, 3.8) is 0 Å². The van der Waals surface area contributed by atoms with Crippen LogP contribution >= 0.6 is 0 Å². The van der Waals surface area contributed by atoms with Crippen molar-refractivity contribution >= 4 is 5.91 Å². The maximum Gasteiger partial charge on any atom is 0.220 e. The first-order valence-corrected chi connectivity index (χ1v) is 27.3. The highest BCUT2D eigenvalue weighted by Crippen LogP contribution is 2.11. The predicted molar refractivity (Wildman–Crippen MR) is 303 cm³/mol. The van der Waals surface area contributed by atoms with Gasteiger partial charge in [-0.25, -0.2) is 0 Å². The molecule has 380 valence electrons. The average Bonchev–Trinajstić information content (AvgIpc) is 3.34. The molecular weight excluding hydrogens is 831 g/mol. The van der Waals surface area contributed by atoms with Gasteiger partial charge in [0.1, 0.15) is 0 Å². The van der Waals surface area contributed by atoms with E-state index in [1.165, 1.54) is 57.8 Å². The summed E-state index contributed by atoms with van der Waals surface area (Å²) in [7, 11) is 0. The van der Waals surface area contributed by atoms with Crippen molar-refractivity contribution in [2.75, 3.05) is 6.61 Å². The molecule has 0 aromatic heterocycles. The number of unbranched alkanes of at least 4 members (excludes halogenated alkanes) is 14. The van der Waals surface area contributed by atoms with Crippen LogP contribution in [-0.2, 0) is 4.79 Å². The Hall–Kier alpha value is -4.25. The van der Waals surface area contributed by atoms with Crippen LogP contribution in [0, 0.1) is 0 Å². The van der Waals surface area contributed by atoms with Gasteiger partial charge in [0.15, 0.2) is 0 Å². The second-order valence-corrected chi connectivity index (χ2v) is 17.5. The van der Waals surface area contributed by atoms with Gasteiger partial charge in [0, 0.05) is 6.42 Å². The van der Waals surface area contributed by atoms with E-state index in [0.29, 0.717) is 6.42 Å². The van der Waals surface area contributed by atoms with Crippen molar-refractivity contribution in [1.82, 2.24) is 5.32 Å². The summed E-state index contributed by atoms with van der Waals surface area (Å²) in [5, 5.41) is 23.0. The zero-order chi connectivity index (χ0) is 49.2. The first-order chi connectivity index (χ1) is 33.7. The number of rotatable bonds is 47. The summed E-state index contributed by atoms with van der Waals surface area (Å²) in [4.78, 5) is 12.4. The largest absolute Gasteiger partial charge is 0.394 e. The van der Waals surface area contributed by atoms with Crippen LogP contribution in [0.5, 0.6) is 0 Å². The highest BCUT2D eigenvalue weighted by molar-refractivity contribution is 5.76. The number of amides is 1. The van der Waals surface area contributed by atoms with E-state index < -0.39 is 12.1 Å². The molecule has 0 aliphatic carbocycles. The Labute approximate surface area is 419 Å². The molecule has 68 heavy (non-hydrogen) atoms. The summed E-state index contributed by atoms with van der Waals surface area (Å²) in [6.07, 6.45) is 93.5. The smallest absolute Gasteiger partial charge is 0.220 e. The Bertz CT molecular complexity index is 1520. The van der Waals surface area contributed by atoms with E-state index in [0.717, 1.165) is 128 Å². The minimum atomic E-state index is -0.891. The van der Waals surface area contributed by atoms with Crippen molar-refractivity contribution in [2.24, 2.45) is 0 Å². The molecule has 0 bridgehead atoms. The van der Waals surface area contributed by atoms with Crippen LogP contribution in [0.15, 0.2) is 170 Å². The molecule has 0 radical (unpaired) electrons. The highest BCUT2D eigenvalue weighted by atomic mass is 16.3. The minimum Gasteiger partial charge on any atom is -0.394 e. The normalized spacial score (nSPS) is 14.2. The van der Waals surface area contributed by atoms with Gasteiger partial charge in [0.25, 0.3) is 0 Å². The molecule has 0 aromatic rings. The fourth-order valence-electron chi connectivity index (χ4n) is 7.04. The van der Waals surface area contributed by atoms with Crippen LogP contribution in [0.4, 0.5) is 0 Å². The Morgan fingerprint density at radius 3 is 1.03 bits per heavy atom. The summed E-state index contributed by atoms with van der Waals surface area (Å²) in [5.74, 6) is -0.105. The van der Waals surface area contributed by atoms with Gasteiger partial charge in [-0.05, 0) is 128 Å². The van der Waals surface area contributed by atoms with E-state index in [1.807, 2.05) is 6.08 Å². The molecule has 1 amide bonds. The Balaban J connectivity index is 3.74. The molecule has 2 atom stereocenters. The van der Waals surface area contributed by atoms with E-state index in [1.54, 1.807) is 6.08 Å². The molecule has 3 N–H and O–H groups in total. The van der Waals surface area contributed by atoms with Gasteiger partial charge >= 0.3 is 0 Å². The molecule has 0 aliphatic heterocycles. The molecule has 0 aliphatic rings. The topological polar surface area (TPSA) is 69.6 Å². The van der Waals surface area contributed by atoms with Crippen molar-refractivity contribution < 1.29 is 15.0 Å². The van der Waals surface area contributed by atoms with E-state index in [4.69, 9.17) is 0 Å². The van der Waals surface area contributed by atoms with E-state index >= 15 is 0 Å². The SMILES string of the molecule is CC/C=C\C/C=C\C/C=C\C/C=C\C/C=C\C/C=C\C/C=C\C/C=C\C/C=C\C/C=C\C/C=C\CCCCCCCC(=O)NC(CO)C(O)/C=C/CC/C=C/CC/C=C/CCCCCCCCC. The monoisotopic (exact) mass is 932 g/mol. The fourth-order valence-corrected chi connectivity index (χ4v) is 7.04. The Morgan fingerprint density at radius 2 is 0.662 bits per heavy atom. The number of carbonyl (C=O) groups excluding carboxylic acids is 1. The second-order valence-electron chi connectivity index (χ2n) is 17.5. The van der Waals surface area contributed by atoms with E-state index in [2.05, 4.69) is 177 Å². The van der Waals surface area contributed by atoms with Gasteiger partial charge in [0.2, 0.25) is 5.91 Å². The number of carbonyl (C=O) groups is 1. The Kier molecular flexibility index (Phi) is 53.5. The lowest BCUT2D eigenvalue weighted by Gasteiger charge is -2.19. The molecule has 2 unspecified atom stereocenters. The first kappa shape index (κ1) is 63.8. The summed E-state index contributed by atoms with van der Waals surface area (Å²) >= 11 is 0. The summed E-state index contributed by atoms with van der Waals surface area (Å²) in [6, 6.07) is -0.669. The predicted octanol–water partition coefficient (Wildman–Crippen LogP) is 18.4. The van der Waals surface area contributed by atoms with Crippen molar-refractivity contribution in [3.8, 4) is 0 Å². The lowest BCUT2D eigenvalue weighted by atomic mass is 10.1. The molecule has 0 spiro atoms. The van der Waals surface area contributed by atoms with Crippen LogP contribution in [0.2, 0.25) is 0 Å². The number of allylic oxidation sites excluding steroid dienone is 27. The van der Waals surface area contributed by atoms with Crippen molar-refractivity contribution in [2.45, 2.75) is 219 Å². The summed E-state index contributed by atoms with van der Waals surface area (Å²) in [6.45, 7) is 4.15. The number of nitrogens with one attached hydrogen (secondary N) is 1. The van der Waals surface area contributed by atoms with Crippen LogP contribution in [0.25, 0.3) is 0 Å². The average molecular weight is 933 g/mol. The lowest BCUT2D eigenvalue weighted by molar-refractivity contribution is -0.123. The summed E-state index contributed by atoms with van der Waals surface area (Å²) in [5.41, 5.74) is 0. The number of aliphatic hydroxyl groups excluding tert-OH is 2. The fraction of sp³-hybridized carbons (Fsp3) is 0.547. The van der Waals surface area contributed by atoms with Gasteiger partial charge in [-0.15, -0.1) is 0 Å². The van der Waals surface area contributed by atoms with E-state index in [-0.39, 0.29) is 12.5 Å². The van der Waals surface area contributed by atoms with Crippen molar-refractivity contribution in [1.29, 1.82) is 0 Å². The molecule has 0 rings (SSSR count). The van der Waals surface area contributed by atoms with Gasteiger partial charge in [-0.2, -0.15) is 0 Å². The number of aliphatic hydroxyl groups is 2. The molecule has 0 fully saturated rings. The van der Waals surface area contributed by atoms with Crippen LogP contribution in [-0.4, -0.2) is 34.9 Å². The van der Waals surface area contributed by atoms with Crippen molar-refractivity contribution in [3.05, 3.63) is 170 Å². The first-order valence-electron chi connectivity index (χ1n) is 27.3. The lowest BCUT2D eigenvalue weighted by Crippen LogP contribution is -2.45. The third-order valence-electron chi connectivity index (χ3n) is 11.2. The molecule has 0 heterocycles. The third-order valence-corrected chi connectivity index (χ3v) is 11.2. The van der Waals surface area contributed by atoms with E-state index in [9.17, 15) is 15.0 Å². The van der Waals surface area contributed by atoms with Gasteiger partial charge < -0.3 is 15.5 Å². The van der Waals surface area contributed by atoms with Gasteiger partial charge in [-0.1, -0.05) is 242 Å². The number of hydrogen-bond acceptors (Lipinski definition) is 3. The maximum absolute atomic E-state index is 12.4. The zero-order valence-corrected chi connectivity index (χ0v) is 43.5. The molecule has 0 saturated heterocycles. The quantitative estimate of drug-likeness (QED) is 0.0421. The molecular formula is C64H101NO3. The molecule has 4 heteroatoms. The minimum absolute atomic E-state index is 0.105. The molecule has 4 nitrogen and oxygen atoms in total. The molecule has 0 saturated carbocycles. The zero-order valence-electron chi connectivity index (χ0n) is 43.5. The Morgan fingerprint density at radius 1 is 0.368 bits per heavy atom. The molecule has 0 aromatic carbocycles.